The minimum atomic E-state index is 0. The summed E-state index contributed by atoms with van der Waals surface area (Å²) in [5, 5.41) is 0. The quantitative estimate of drug-likeness (QED) is 0.218. The molecule has 0 fully saturated rings. The molecule has 0 saturated heterocycles. The Bertz CT molecular complexity index is 318. The zero-order valence-electron chi connectivity index (χ0n) is 19.2. The molecule has 0 saturated carbocycles. The first kappa shape index (κ1) is 29.1. The Morgan fingerprint density at radius 1 is 0.593 bits per heavy atom. The second-order valence-corrected chi connectivity index (χ2v) is 9.06. The van der Waals surface area contributed by atoms with Gasteiger partial charge in [-0.25, -0.2) is 0 Å². The van der Waals surface area contributed by atoms with Crippen molar-refractivity contribution in [2.75, 3.05) is 27.2 Å². The Kier molecular flexibility index (Phi) is 22.3. The molecule has 0 rings (SSSR count). The second kappa shape index (κ2) is 20.6. The van der Waals surface area contributed by atoms with Crippen LogP contribution in [-0.4, -0.2) is 37.5 Å². The maximum absolute atomic E-state index is 12.1. The smallest absolute Gasteiger partial charge is 0.186 e. The summed E-state index contributed by atoms with van der Waals surface area (Å²) < 4.78 is 0.855. The van der Waals surface area contributed by atoms with Crippen LogP contribution in [0.5, 0.6) is 0 Å². The lowest BCUT2D eigenvalue weighted by Gasteiger charge is -2.28. The summed E-state index contributed by atoms with van der Waals surface area (Å²) >= 11 is 0. The Balaban J connectivity index is 0. The Labute approximate surface area is 177 Å². The van der Waals surface area contributed by atoms with Crippen LogP contribution in [0.25, 0.3) is 0 Å². The van der Waals surface area contributed by atoms with Crippen molar-refractivity contribution in [2.45, 2.75) is 123 Å². The standard InChI is InChI=1S/C24H50NO.ClH/c1-5-7-8-9-10-11-12-13-14-15-16-17-18-19-20-21-24(26)23-25(3,4)22-6-2;/h5-23H2,1-4H3;1H/q+1;/p-1. The van der Waals surface area contributed by atoms with Crippen molar-refractivity contribution in [3.63, 3.8) is 0 Å². The minimum Gasteiger partial charge on any atom is -1.00 e. The van der Waals surface area contributed by atoms with Gasteiger partial charge in [-0.3, -0.25) is 4.79 Å². The molecule has 0 bridgehead atoms. The average Bonchev–Trinajstić information content (AvgIpc) is 2.57. The molecule has 27 heavy (non-hydrogen) atoms. The van der Waals surface area contributed by atoms with Gasteiger partial charge in [0.1, 0.15) is 6.54 Å². The normalized spacial score (nSPS) is 11.4. The summed E-state index contributed by atoms with van der Waals surface area (Å²) in [6.45, 7) is 6.30. The van der Waals surface area contributed by atoms with Crippen molar-refractivity contribution in [2.24, 2.45) is 0 Å². The number of unbranched alkanes of at least 4 members (excludes halogenated alkanes) is 14. The maximum atomic E-state index is 12.1. The molecule has 0 amide bonds. The van der Waals surface area contributed by atoms with E-state index < -0.39 is 0 Å². The van der Waals surface area contributed by atoms with Gasteiger partial charge >= 0.3 is 0 Å². The highest BCUT2D eigenvalue weighted by Gasteiger charge is 2.18. The van der Waals surface area contributed by atoms with Crippen molar-refractivity contribution in [1.29, 1.82) is 0 Å². The van der Waals surface area contributed by atoms with Gasteiger partial charge in [0.05, 0.1) is 20.6 Å². The lowest BCUT2D eigenvalue weighted by Crippen LogP contribution is -3.00. The van der Waals surface area contributed by atoms with Crippen LogP contribution in [0.3, 0.4) is 0 Å². The molecule has 0 aliphatic rings. The number of halogens is 1. The van der Waals surface area contributed by atoms with Crippen molar-refractivity contribution in [1.82, 2.24) is 0 Å². The third-order valence-electron chi connectivity index (χ3n) is 5.49. The van der Waals surface area contributed by atoms with Crippen molar-refractivity contribution >= 4 is 5.78 Å². The van der Waals surface area contributed by atoms with E-state index in [9.17, 15) is 4.79 Å². The number of ketones is 1. The molecule has 0 aromatic carbocycles. The molecular weight excluding hydrogens is 354 g/mol. The molecule has 0 aliphatic heterocycles. The summed E-state index contributed by atoms with van der Waals surface area (Å²) in [5.41, 5.74) is 0. The molecule has 0 aromatic rings. The van der Waals surface area contributed by atoms with Crippen LogP contribution >= 0.6 is 0 Å². The van der Waals surface area contributed by atoms with Gasteiger partial charge in [-0.15, -0.1) is 0 Å². The summed E-state index contributed by atoms with van der Waals surface area (Å²) in [7, 11) is 4.35. The zero-order chi connectivity index (χ0) is 19.5. The SMILES string of the molecule is CCCCCCCCCCCCCCCCCC(=O)C[N+](C)(C)CCC.[Cl-]. The highest BCUT2D eigenvalue weighted by Crippen LogP contribution is 2.14. The minimum absolute atomic E-state index is 0. The molecule has 0 N–H and O–H groups in total. The average molecular weight is 404 g/mol. The predicted octanol–water partition coefficient (Wildman–Crippen LogP) is 4.31. The number of carbonyl (C=O) groups is 1. The number of likely N-dealkylation sites (N-methyl/N-ethyl adjacent to an activating group) is 1. The number of nitrogens with zero attached hydrogens (tertiary/aromatic N) is 1. The molecule has 164 valence electrons. The first-order valence-electron chi connectivity index (χ1n) is 11.9. The Morgan fingerprint density at radius 3 is 1.33 bits per heavy atom. The number of carbonyl (C=O) groups excluding carboxylic acids is 1. The van der Waals surface area contributed by atoms with Crippen LogP contribution in [0.2, 0.25) is 0 Å². The molecule has 0 atom stereocenters. The van der Waals surface area contributed by atoms with E-state index in [0.29, 0.717) is 12.3 Å². The Hall–Kier alpha value is -0.0800. The summed E-state index contributed by atoms with van der Waals surface area (Å²) in [6, 6.07) is 0. The lowest BCUT2D eigenvalue weighted by molar-refractivity contribution is -0.882. The van der Waals surface area contributed by atoms with E-state index in [0.717, 1.165) is 30.3 Å². The molecule has 0 aliphatic carbocycles. The second-order valence-electron chi connectivity index (χ2n) is 9.06. The number of Topliss-reactive ketones (excluding diaryl/α,β-unsaturated/α-hetero) is 1. The fourth-order valence-corrected chi connectivity index (χ4v) is 3.93. The van der Waals surface area contributed by atoms with Crippen LogP contribution < -0.4 is 12.4 Å². The summed E-state index contributed by atoms with van der Waals surface area (Å²) in [6.07, 6.45) is 22.7. The molecule has 0 radical (unpaired) electrons. The fraction of sp³-hybridized carbons (Fsp3) is 0.958. The van der Waals surface area contributed by atoms with E-state index in [1.54, 1.807) is 0 Å². The topological polar surface area (TPSA) is 17.1 Å². The first-order chi connectivity index (χ1) is 12.5. The van der Waals surface area contributed by atoms with Crippen LogP contribution in [0.15, 0.2) is 0 Å². The summed E-state index contributed by atoms with van der Waals surface area (Å²) in [5.74, 6) is 0.457. The van der Waals surface area contributed by atoms with E-state index in [1.807, 2.05) is 0 Å². The van der Waals surface area contributed by atoms with E-state index >= 15 is 0 Å². The van der Waals surface area contributed by atoms with Gasteiger partial charge < -0.3 is 16.9 Å². The highest BCUT2D eigenvalue weighted by molar-refractivity contribution is 5.79. The number of hydrogen-bond acceptors (Lipinski definition) is 1. The van der Waals surface area contributed by atoms with Crippen LogP contribution in [0.1, 0.15) is 123 Å². The van der Waals surface area contributed by atoms with Crippen LogP contribution in [0.4, 0.5) is 0 Å². The van der Waals surface area contributed by atoms with Gasteiger partial charge in [0.15, 0.2) is 5.78 Å². The van der Waals surface area contributed by atoms with Crippen LogP contribution in [-0.2, 0) is 4.79 Å². The van der Waals surface area contributed by atoms with E-state index in [-0.39, 0.29) is 12.4 Å². The highest BCUT2D eigenvalue weighted by atomic mass is 35.5. The van der Waals surface area contributed by atoms with Crippen molar-refractivity contribution in [3.05, 3.63) is 0 Å². The molecule has 0 unspecified atom stereocenters. The van der Waals surface area contributed by atoms with Gasteiger partial charge in [-0.1, -0.05) is 104 Å². The van der Waals surface area contributed by atoms with Crippen molar-refractivity contribution in [3.8, 4) is 0 Å². The van der Waals surface area contributed by atoms with Gasteiger partial charge in [-0.05, 0) is 12.8 Å². The summed E-state index contributed by atoms with van der Waals surface area (Å²) in [4.78, 5) is 12.1. The maximum Gasteiger partial charge on any atom is 0.186 e. The molecule has 0 aromatic heterocycles. The zero-order valence-corrected chi connectivity index (χ0v) is 19.9. The lowest BCUT2D eigenvalue weighted by atomic mass is 10.0. The number of rotatable bonds is 20. The molecular formula is C24H50ClNO. The van der Waals surface area contributed by atoms with Gasteiger partial charge in [-0.2, -0.15) is 0 Å². The molecule has 2 nitrogen and oxygen atoms in total. The largest absolute Gasteiger partial charge is 1.00 e. The number of hydrogen-bond donors (Lipinski definition) is 0. The third kappa shape index (κ3) is 22.1. The third-order valence-corrected chi connectivity index (χ3v) is 5.49. The monoisotopic (exact) mass is 403 g/mol. The van der Waals surface area contributed by atoms with Crippen LogP contribution in [0, 0.1) is 0 Å². The fourth-order valence-electron chi connectivity index (χ4n) is 3.93. The molecule has 0 spiro atoms. The molecule has 0 heterocycles. The Morgan fingerprint density at radius 2 is 0.963 bits per heavy atom. The van der Waals surface area contributed by atoms with Crippen molar-refractivity contribution < 1.29 is 21.7 Å². The molecule has 3 heteroatoms. The first-order valence-corrected chi connectivity index (χ1v) is 11.9. The predicted molar refractivity (Wildman–Crippen MR) is 117 cm³/mol. The number of quaternary nitrogens is 1. The van der Waals surface area contributed by atoms with Gasteiger partial charge in [0.25, 0.3) is 0 Å². The van der Waals surface area contributed by atoms with Gasteiger partial charge in [0, 0.05) is 6.42 Å². The van der Waals surface area contributed by atoms with Gasteiger partial charge in [0.2, 0.25) is 0 Å². The van der Waals surface area contributed by atoms with E-state index in [2.05, 4.69) is 27.9 Å². The van der Waals surface area contributed by atoms with E-state index in [4.69, 9.17) is 0 Å². The van der Waals surface area contributed by atoms with E-state index in [1.165, 1.54) is 89.9 Å².